The number of nitrogens with one attached hydrogen (secondary N) is 1. The number of rotatable bonds is 3. The first-order chi connectivity index (χ1) is 9.22. The third kappa shape index (κ3) is 2.96. The smallest absolute Gasteiger partial charge is 0.0471 e. The maximum Gasteiger partial charge on any atom is 0.0471 e. The molecule has 1 unspecified atom stereocenters. The highest BCUT2D eigenvalue weighted by molar-refractivity contribution is 6.31. The molecule has 1 aromatic rings. The molecule has 1 heterocycles. The van der Waals surface area contributed by atoms with Gasteiger partial charge in [0.2, 0.25) is 0 Å². The summed E-state index contributed by atoms with van der Waals surface area (Å²) in [6.07, 6.45) is 1.18. The van der Waals surface area contributed by atoms with Crippen molar-refractivity contribution < 1.29 is 0 Å². The number of nitrogens with zero attached hydrogens (tertiary/aromatic N) is 1. The third-order valence-corrected chi connectivity index (χ3v) is 4.85. The van der Waals surface area contributed by atoms with Crippen LogP contribution in [0.1, 0.15) is 58.1 Å². The maximum absolute atomic E-state index is 6.48. The highest BCUT2D eigenvalue weighted by Gasteiger charge is 2.34. The van der Waals surface area contributed by atoms with E-state index in [0.717, 1.165) is 11.6 Å². The van der Waals surface area contributed by atoms with E-state index in [1.807, 2.05) is 0 Å². The van der Waals surface area contributed by atoms with Gasteiger partial charge in [0.1, 0.15) is 0 Å². The second-order valence-electron chi connectivity index (χ2n) is 7.01. The minimum atomic E-state index is 0.188. The van der Waals surface area contributed by atoms with E-state index in [1.54, 1.807) is 0 Å². The van der Waals surface area contributed by atoms with Gasteiger partial charge in [-0.3, -0.25) is 0 Å². The standard InChI is InChI=1S/C17H27ClN2/c1-11(2)19-10-13-7-14-12(3)9-17(4,5)20(6)16(14)8-15(13)18/h7-8,11-12,19H,9-10H2,1-6H3. The molecule has 0 radical (unpaired) electrons. The van der Waals surface area contributed by atoms with Gasteiger partial charge in [0.15, 0.2) is 0 Å². The van der Waals surface area contributed by atoms with Gasteiger partial charge in [-0.2, -0.15) is 0 Å². The van der Waals surface area contributed by atoms with Crippen LogP contribution in [0, 0.1) is 0 Å². The van der Waals surface area contributed by atoms with Gasteiger partial charge in [0.05, 0.1) is 0 Å². The maximum atomic E-state index is 6.48. The Bertz CT molecular complexity index is 494. The van der Waals surface area contributed by atoms with Crippen LogP contribution in [0.5, 0.6) is 0 Å². The molecule has 0 saturated carbocycles. The molecule has 0 amide bonds. The summed E-state index contributed by atoms with van der Waals surface area (Å²) < 4.78 is 0. The zero-order valence-electron chi connectivity index (χ0n) is 13.5. The Morgan fingerprint density at radius 1 is 1.40 bits per heavy atom. The summed E-state index contributed by atoms with van der Waals surface area (Å²) in [5.41, 5.74) is 4.11. The molecular weight excluding hydrogens is 268 g/mol. The third-order valence-electron chi connectivity index (χ3n) is 4.50. The molecule has 2 rings (SSSR count). The second kappa shape index (κ2) is 5.57. The number of anilines is 1. The zero-order valence-corrected chi connectivity index (χ0v) is 14.3. The van der Waals surface area contributed by atoms with Crippen LogP contribution < -0.4 is 10.2 Å². The van der Waals surface area contributed by atoms with Gasteiger partial charge in [-0.05, 0) is 43.4 Å². The Balaban J connectivity index is 2.38. The van der Waals surface area contributed by atoms with Crippen LogP contribution in [0.3, 0.4) is 0 Å². The predicted octanol–water partition coefficient (Wildman–Crippen LogP) is 4.56. The zero-order chi connectivity index (χ0) is 15.1. The molecule has 1 N–H and O–H groups in total. The van der Waals surface area contributed by atoms with Gasteiger partial charge < -0.3 is 10.2 Å². The number of halogens is 1. The molecule has 2 nitrogen and oxygen atoms in total. The molecule has 1 aromatic carbocycles. The topological polar surface area (TPSA) is 15.3 Å². The van der Waals surface area contributed by atoms with Crippen molar-refractivity contribution in [2.24, 2.45) is 0 Å². The normalized spacial score (nSPS) is 21.2. The van der Waals surface area contributed by atoms with Crippen LogP contribution in [0.15, 0.2) is 12.1 Å². The highest BCUT2D eigenvalue weighted by Crippen LogP contribution is 2.44. The van der Waals surface area contributed by atoms with E-state index >= 15 is 0 Å². The van der Waals surface area contributed by atoms with Crippen LogP contribution >= 0.6 is 11.6 Å². The largest absolute Gasteiger partial charge is 0.369 e. The molecule has 0 bridgehead atoms. The molecule has 1 atom stereocenters. The van der Waals surface area contributed by atoms with E-state index in [0.29, 0.717) is 12.0 Å². The minimum absolute atomic E-state index is 0.188. The van der Waals surface area contributed by atoms with Crippen LogP contribution in [0.4, 0.5) is 5.69 Å². The first-order valence-corrected chi connectivity index (χ1v) is 7.89. The van der Waals surface area contributed by atoms with Gasteiger partial charge in [-0.15, -0.1) is 0 Å². The Kier molecular flexibility index (Phi) is 4.36. The van der Waals surface area contributed by atoms with E-state index in [2.05, 4.69) is 64.0 Å². The fourth-order valence-electron chi connectivity index (χ4n) is 3.08. The Hall–Kier alpha value is -0.730. The lowest BCUT2D eigenvalue weighted by Gasteiger charge is -2.45. The average molecular weight is 295 g/mol. The Morgan fingerprint density at radius 2 is 2.05 bits per heavy atom. The molecule has 3 heteroatoms. The Morgan fingerprint density at radius 3 is 2.65 bits per heavy atom. The van der Waals surface area contributed by atoms with Crippen molar-refractivity contribution in [3.05, 3.63) is 28.3 Å². The second-order valence-corrected chi connectivity index (χ2v) is 7.42. The molecular formula is C17H27ClN2. The molecule has 0 saturated heterocycles. The summed E-state index contributed by atoms with van der Waals surface area (Å²) in [5, 5.41) is 4.32. The highest BCUT2D eigenvalue weighted by atomic mass is 35.5. The quantitative estimate of drug-likeness (QED) is 0.879. The molecule has 1 aliphatic rings. The summed E-state index contributed by atoms with van der Waals surface area (Å²) in [4.78, 5) is 2.37. The van der Waals surface area contributed by atoms with Crippen LogP contribution in [-0.2, 0) is 6.54 Å². The van der Waals surface area contributed by atoms with Crippen molar-refractivity contribution in [1.29, 1.82) is 0 Å². The molecule has 0 aliphatic carbocycles. The lowest BCUT2D eigenvalue weighted by molar-refractivity contribution is 0.395. The summed E-state index contributed by atoms with van der Waals surface area (Å²) in [6.45, 7) is 12.1. The lowest BCUT2D eigenvalue weighted by Crippen LogP contribution is -2.45. The van der Waals surface area contributed by atoms with E-state index < -0.39 is 0 Å². The summed E-state index contributed by atoms with van der Waals surface area (Å²) >= 11 is 6.48. The van der Waals surface area contributed by atoms with Gasteiger partial charge in [0, 0.05) is 35.9 Å². The Labute approximate surface area is 128 Å². The van der Waals surface area contributed by atoms with Crippen LogP contribution in [0.2, 0.25) is 5.02 Å². The van der Waals surface area contributed by atoms with Gasteiger partial charge in [-0.25, -0.2) is 0 Å². The van der Waals surface area contributed by atoms with E-state index in [9.17, 15) is 0 Å². The van der Waals surface area contributed by atoms with Crippen molar-refractivity contribution in [3.63, 3.8) is 0 Å². The molecule has 0 spiro atoms. The predicted molar refractivity (Wildman–Crippen MR) is 88.9 cm³/mol. The number of hydrogen-bond acceptors (Lipinski definition) is 2. The lowest BCUT2D eigenvalue weighted by atomic mass is 9.80. The van der Waals surface area contributed by atoms with Crippen LogP contribution in [0.25, 0.3) is 0 Å². The SMILES string of the molecule is CC(C)NCc1cc2c(cc1Cl)N(C)C(C)(C)CC2C. The number of benzene rings is 1. The van der Waals surface area contributed by atoms with Crippen molar-refractivity contribution in [3.8, 4) is 0 Å². The monoisotopic (exact) mass is 294 g/mol. The fourth-order valence-corrected chi connectivity index (χ4v) is 3.31. The molecule has 112 valence electrons. The van der Waals surface area contributed by atoms with Gasteiger partial charge >= 0.3 is 0 Å². The van der Waals surface area contributed by atoms with E-state index in [4.69, 9.17) is 11.6 Å². The number of hydrogen-bond donors (Lipinski definition) is 1. The first-order valence-electron chi connectivity index (χ1n) is 7.52. The summed E-state index contributed by atoms with van der Waals surface area (Å²) in [6, 6.07) is 4.91. The minimum Gasteiger partial charge on any atom is -0.369 e. The van der Waals surface area contributed by atoms with Crippen molar-refractivity contribution >= 4 is 17.3 Å². The van der Waals surface area contributed by atoms with Crippen molar-refractivity contribution in [2.45, 2.75) is 65.1 Å². The molecule has 1 aliphatic heterocycles. The summed E-state index contributed by atoms with van der Waals surface area (Å²) in [7, 11) is 2.17. The molecule has 20 heavy (non-hydrogen) atoms. The summed E-state index contributed by atoms with van der Waals surface area (Å²) in [5.74, 6) is 0.575. The van der Waals surface area contributed by atoms with E-state index in [-0.39, 0.29) is 5.54 Å². The van der Waals surface area contributed by atoms with Gasteiger partial charge in [-0.1, -0.05) is 38.4 Å². The van der Waals surface area contributed by atoms with E-state index in [1.165, 1.54) is 23.2 Å². The number of fused-ring (bicyclic) bond motifs is 1. The van der Waals surface area contributed by atoms with Crippen molar-refractivity contribution in [1.82, 2.24) is 5.32 Å². The first kappa shape index (κ1) is 15.7. The van der Waals surface area contributed by atoms with Crippen molar-refractivity contribution in [2.75, 3.05) is 11.9 Å². The molecule has 0 aromatic heterocycles. The average Bonchev–Trinajstić information content (AvgIpc) is 2.33. The fraction of sp³-hybridized carbons (Fsp3) is 0.647. The van der Waals surface area contributed by atoms with Gasteiger partial charge in [0.25, 0.3) is 0 Å². The molecule has 0 fully saturated rings. The van der Waals surface area contributed by atoms with Crippen LogP contribution in [-0.4, -0.2) is 18.6 Å².